The highest BCUT2D eigenvalue weighted by Crippen LogP contribution is 2.22. The molecule has 0 fully saturated rings. The largest absolute Gasteiger partial charge is 0.481 e. The molecule has 2 N–H and O–H groups in total. The lowest BCUT2D eigenvalue weighted by atomic mass is 10.0. The van der Waals surface area contributed by atoms with Gasteiger partial charge in [0, 0.05) is 12.7 Å². The molecule has 0 aliphatic rings. The minimum atomic E-state index is -0.896. The minimum Gasteiger partial charge on any atom is -0.481 e. The average molecular weight is 322 g/mol. The van der Waals surface area contributed by atoms with E-state index in [1.807, 2.05) is 0 Å². The van der Waals surface area contributed by atoms with Crippen LogP contribution in [0.1, 0.15) is 34.6 Å². The van der Waals surface area contributed by atoms with Gasteiger partial charge in [-0.1, -0.05) is 23.7 Å². The van der Waals surface area contributed by atoms with Crippen LogP contribution in [0, 0.1) is 6.92 Å². The molecule has 0 spiro atoms. The highest BCUT2D eigenvalue weighted by molar-refractivity contribution is 6.34. The Kier molecular flexibility index (Phi) is 4.51. The fraction of sp³-hybridized carbons (Fsp3) is 0.267. The molecule has 1 aromatic carbocycles. The van der Waals surface area contributed by atoms with Gasteiger partial charge in [0.15, 0.2) is 5.69 Å². The number of aromatic nitrogens is 2. The summed E-state index contributed by atoms with van der Waals surface area (Å²) in [4.78, 5) is 23.1. The van der Waals surface area contributed by atoms with Crippen molar-refractivity contribution in [1.29, 1.82) is 0 Å². The normalized spacial score (nSPS) is 12.0. The summed E-state index contributed by atoms with van der Waals surface area (Å²) >= 11 is 6.07. The second-order valence-corrected chi connectivity index (χ2v) is 5.39. The number of rotatable bonds is 4. The van der Waals surface area contributed by atoms with Crippen LogP contribution in [0.5, 0.6) is 0 Å². The van der Waals surface area contributed by atoms with Gasteiger partial charge in [0.25, 0.3) is 5.91 Å². The molecule has 2 rings (SSSR count). The Labute approximate surface area is 132 Å². The molecule has 1 aromatic heterocycles. The van der Waals surface area contributed by atoms with E-state index in [0.717, 1.165) is 0 Å². The third-order valence-electron chi connectivity index (χ3n) is 3.52. The maximum absolute atomic E-state index is 12.2. The van der Waals surface area contributed by atoms with E-state index >= 15 is 0 Å². The Bertz CT molecular complexity index is 722. The van der Waals surface area contributed by atoms with E-state index in [0.29, 0.717) is 22.0 Å². The fourth-order valence-corrected chi connectivity index (χ4v) is 2.16. The van der Waals surface area contributed by atoms with Gasteiger partial charge in [0.2, 0.25) is 0 Å². The number of anilines is 1. The van der Waals surface area contributed by atoms with E-state index in [1.54, 1.807) is 45.2 Å². The monoisotopic (exact) mass is 321 g/mol. The Morgan fingerprint density at radius 1 is 1.32 bits per heavy atom. The fourth-order valence-electron chi connectivity index (χ4n) is 1.92. The standard InChI is InChI=1S/C15H16ClN3O3/c1-8(15(21)22)10-4-6-11(7-5-10)17-14(20)13-12(16)9(2)19(3)18-13/h4-8H,1-3H3,(H,17,20)(H,21,22). The van der Waals surface area contributed by atoms with Crippen LogP contribution in [0.15, 0.2) is 24.3 Å². The number of aliphatic carboxylic acids is 1. The smallest absolute Gasteiger partial charge is 0.310 e. The molecule has 1 heterocycles. The number of carbonyl (C=O) groups is 2. The number of hydrogen-bond donors (Lipinski definition) is 2. The lowest BCUT2D eigenvalue weighted by molar-refractivity contribution is -0.138. The van der Waals surface area contributed by atoms with Crippen molar-refractivity contribution in [2.45, 2.75) is 19.8 Å². The molecule has 7 heteroatoms. The molecule has 0 aliphatic carbocycles. The molecule has 1 atom stereocenters. The number of halogens is 1. The summed E-state index contributed by atoms with van der Waals surface area (Å²) in [6.07, 6.45) is 0. The summed E-state index contributed by atoms with van der Waals surface area (Å²) in [7, 11) is 1.71. The number of amides is 1. The van der Waals surface area contributed by atoms with Crippen molar-refractivity contribution in [3.05, 3.63) is 46.2 Å². The molecular weight excluding hydrogens is 306 g/mol. The molecule has 0 aliphatic heterocycles. The number of carboxylic acids is 1. The van der Waals surface area contributed by atoms with Gasteiger partial charge in [-0.2, -0.15) is 5.10 Å². The predicted molar refractivity (Wildman–Crippen MR) is 83.4 cm³/mol. The van der Waals surface area contributed by atoms with Gasteiger partial charge in [0.1, 0.15) is 0 Å². The van der Waals surface area contributed by atoms with Crippen LogP contribution >= 0.6 is 11.6 Å². The lowest BCUT2D eigenvalue weighted by Crippen LogP contribution is -2.14. The van der Waals surface area contributed by atoms with Crippen LogP contribution in [-0.2, 0) is 11.8 Å². The summed E-state index contributed by atoms with van der Waals surface area (Å²) in [6, 6.07) is 6.63. The molecule has 1 amide bonds. The highest BCUT2D eigenvalue weighted by Gasteiger charge is 2.18. The van der Waals surface area contributed by atoms with E-state index in [1.165, 1.54) is 4.68 Å². The first-order chi connectivity index (χ1) is 10.3. The summed E-state index contributed by atoms with van der Waals surface area (Å²) in [5.41, 5.74) is 2.07. The summed E-state index contributed by atoms with van der Waals surface area (Å²) in [5, 5.41) is 16.0. The number of nitrogens with zero attached hydrogens (tertiary/aromatic N) is 2. The Balaban J connectivity index is 2.15. The maximum atomic E-state index is 12.2. The Morgan fingerprint density at radius 2 is 1.91 bits per heavy atom. The molecule has 0 saturated heterocycles. The lowest BCUT2D eigenvalue weighted by Gasteiger charge is -2.08. The molecule has 0 saturated carbocycles. The van der Waals surface area contributed by atoms with E-state index < -0.39 is 17.8 Å². The van der Waals surface area contributed by atoms with Crippen LogP contribution in [-0.4, -0.2) is 26.8 Å². The van der Waals surface area contributed by atoms with Crippen molar-refractivity contribution in [2.24, 2.45) is 7.05 Å². The van der Waals surface area contributed by atoms with E-state index in [2.05, 4.69) is 10.4 Å². The van der Waals surface area contributed by atoms with Crippen molar-refractivity contribution in [3.8, 4) is 0 Å². The topological polar surface area (TPSA) is 84.2 Å². The van der Waals surface area contributed by atoms with Crippen LogP contribution < -0.4 is 5.32 Å². The second-order valence-electron chi connectivity index (χ2n) is 5.01. The summed E-state index contributed by atoms with van der Waals surface area (Å²) in [6.45, 7) is 3.38. The van der Waals surface area contributed by atoms with Crippen LogP contribution in [0.25, 0.3) is 0 Å². The Hall–Kier alpha value is -2.34. The number of aryl methyl sites for hydroxylation is 1. The molecule has 22 heavy (non-hydrogen) atoms. The van der Waals surface area contributed by atoms with Crippen LogP contribution in [0.4, 0.5) is 5.69 Å². The summed E-state index contributed by atoms with van der Waals surface area (Å²) < 4.78 is 1.54. The van der Waals surface area contributed by atoms with Crippen LogP contribution in [0.2, 0.25) is 5.02 Å². The third-order valence-corrected chi connectivity index (χ3v) is 3.97. The van der Waals surface area contributed by atoms with Gasteiger partial charge in [-0.3, -0.25) is 14.3 Å². The third kappa shape index (κ3) is 3.12. The zero-order valence-electron chi connectivity index (χ0n) is 12.4. The van der Waals surface area contributed by atoms with Gasteiger partial charge in [0.05, 0.1) is 16.6 Å². The summed E-state index contributed by atoms with van der Waals surface area (Å²) in [5.74, 6) is -1.90. The predicted octanol–water partition coefficient (Wildman–Crippen LogP) is 2.82. The number of nitrogens with one attached hydrogen (secondary N) is 1. The quantitative estimate of drug-likeness (QED) is 0.907. The van der Waals surface area contributed by atoms with E-state index in [-0.39, 0.29) is 5.69 Å². The zero-order valence-corrected chi connectivity index (χ0v) is 13.2. The first-order valence-corrected chi connectivity index (χ1v) is 7.02. The first kappa shape index (κ1) is 16.0. The molecular formula is C15H16ClN3O3. The zero-order chi connectivity index (χ0) is 16.4. The second kappa shape index (κ2) is 6.19. The van der Waals surface area contributed by atoms with Crippen molar-refractivity contribution in [2.75, 3.05) is 5.32 Å². The number of benzene rings is 1. The van der Waals surface area contributed by atoms with Gasteiger partial charge in [-0.05, 0) is 31.5 Å². The SMILES string of the molecule is Cc1c(Cl)c(C(=O)Nc2ccc(C(C)C(=O)O)cc2)nn1C. The van der Waals surface area contributed by atoms with Crippen molar-refractivity contribution in [1.82, 2.24) is 9.78 Å². The number of hydrogen-bond acceptors (Lipinski definition) is 3. The average Bonchev–Trinajstić information content (AvgIpc) is 2.75. The maximum Gasteiger partial charge on any atom is 0.310 e. The Morgan fingerprint density at radius 3 is 2.36 bits per heavy atom. The highest BCUT2D eigenvalue weighted by atomic mass is 35.5. The molecule has 0 bridgehead atoms. The molecule has 6 nitrogen and oxygen atoms in total. The van der Waals surface area contributed by atoms with Gasteiger partial charge in [-0.25, -0.2) is 0 Å². The van der Waals surface area contributed by atoms with E-state index in [4.69, 9.17) is 16.7 Å². The van der Waals surface area contributed by atoms with Crippen molar-refractivity contribution in [3.63, 3.8) is 0 Å². The van der Waals surface area contributed by atoms with Crippen molar-refractivity contribution < 1.29 is 14.7 Å². The van der Waals surface area contributed by atoms with Gasteiger partial charge < -0.3 is 10.4 Å². The van der Waals surface area contributed by atoms with Gasteiger partial charge in [-0.15, -0.1) is 0 Å². The molecule has 116 valence electrons. The van der Waals surface area contributed by atoms with Crippen molar-refractivity contribution >= 4 is 29.2 Å². The molecule has 2 aromatic rings. The number of carboxylic acid groups (broad SMARTS) is 1. The van der Waals surface area contributed by atoms with Crippen LogP contribution in [0.3, 0.4) is 0 Å². The van der Waals surface area contributed by atoms with Gasteiger partial charge >= 0.3 is 5.97 Å². The van der Waals surface area contributed by atoms with E-state index in [9.17, 15) is 9.59 Å². The molecule has 1 unspecified atom stereocenters. The minimum absolute atomic E-state index is 0.157. The number of carbonyl (C=O) groups excluding carboxylic acids is 1. The molecule has 0 radical (unpaired) electrons. The first-order valence-electron chi connectivity index (χ1n) is 6.64.